The van der Waals surface area contributed by atoms with Crippen molar-refractivity contribution in [2.45, 2.75) is 54.4 Å². The molecule has 0 spiro atoms. The molecular weight excluding hydrogens is 256 g/mol. The summed E-state index contributed by atoms with van der Waals surface area (Å²) in [6, 6.07) is 0. The maximum absolute atomic E-state index is 12.2. The average molecular weight is 284 g/mol. The Kier molecular flexibility index (Phi) is 8.93. The molecule has 20 heavy (non-hydrogen) atoms. The van der Waals surface area contributed by atoms with Crippen LogP contribution in [0.3, 0.4) is 0 Å². The third kappa shape index (κ3) is 5.76. The molecule has 0 bridgehead atoms. The molecule has 0 aromatic carbocycles. The van der Waals surface area contributed by atoms with Gasteiger partial charge in [-0.05, 0) is 30.3 Å². The van der Waals surface area contributed by atoms with E-state index < -0.39 is 11.9 Å². The van der Waals surface area contributed by atoms with Crippen molar-refractivity contribution in [3.8, 4) is 0 Å². The topological polar surface area (TPSA) is 52.6 Å². The fourth-order valence-electron chi connectivity index (χ4n) is 2.10. The minimum absolute atomic E-state index is 0.0805. The second-order valence-electron chi connectivity index (χ2n) is 5.41. The lowest BCUT2D eigenvalue weighted by Gasteiger charge is -2.20. The highest BCUT2D eigenvalue weighted by atomic mass is 16.6. The lowest BCUT2D eigenvalue weighted by molar-refractivity contribution is -0.147. The summed E-state index contributed by atoms with van der Waals surface area (Å²) < 4.78 is 10.3. The first kappa shape index (κ1) is 18.7. The van der Waals surface area contributed by atoms with E-state index in [0.29, 0.717) is 13.2 Å². The Labute approximate surface area is 122 Å². The maximum atomic E-state index is 12.2. The van der Waals surface area contributed by atoms with Gasteiger partial charge in [0.1, 0.15) is 5.57 Å². The Hall–Kier alpha value is -1.32. The van der Waals surface area contributed by atoms with Crippen LogP contribution in [0, 0.1) is 11.8 Å². The van der Waals surface area contributed by atoms with E-state index in [1.165, 1.54) is 0 Å². The summed E-state index contributed by atoms with van der Waals surface area (Å²) in [5, 5.41) is 0. The molecule has 0 rings (SSSR count). The van der Waals surface area contributed by atoms with Gasteiger partial charge >= 0.3 is 11.9 Å². The number of hydrogen-bond acceptors (Lipinski definition) is 4. The minimum Gasteiger partial charge on any atom is -0.462 e. The SMILES string of the molecule is CCCOC(=O)C(C(=O)OCCC)=C(C(C)C)C(C)C. The van der Waals surface area contributed by atoms with E-state index in [2.05, 4.69) is 0 Å². The van der Waals surface area contributed by atoms with E-state index in [-0.39, 0.29) is 17.4 Å². The van der Waals surface area contributed by atoms with Gasteiger partial charge in [-0.2, -0.15) is 0 Å². The van der Waals surface area contributed by atoms with Gasteiger partial charge in [0.25, 0.3) is 0 Å². The van der Waals surface area contributed by atoms with Gasteiger partial charge in [-0.25, -0.2) is 9.59 Å². The van der Waals surface area contributed by atoms with Crippen molar-refractivity contribution in [1.82, 2.24) is 0 Å². The molecule has 0 aromatic rings. The highest BCUT2D eigenvalue weighted by Gasteiger charge is 2.28. The minimum atomic E-state index is -0.564. The van der Waals surface area contributed by atoms with Crippen LogP contribution in [-0.4, -0.2) is 25.2 Å². The van der Waals surface area contributed by atoms with E-state index in [1.807, 2.05) is 41.5 Å². The summed E-state index contributed by atoms with van der Waals surface area (Å²) in [7, 11) is 0. The summed E-state index contributed by atoms with van der Waals surface area (Å²) >= 11 is 0. The third-order valence-corrected chi connectivity index (χ3v) is 2.82. The van der Waals surface area contributed by atoms with E-state index in [4.69, 9.17) is 9.47 Å². The zero-order valence-electron chi connectivity index (χ0n) is 13.6. The van der Waals surface area contributed by atoms with E-state index in [0.717, 1.165) is 18.4 Å². The Bertz CT molecular complexity index is 321. The standard InChI is InChI=1S/C16H28O4/c1-7-9-19-15(17)14(16(18)20-10-8-2)13(11(3)4)12(5)6/h11-12H,7-10H2,1-6H3. The average Bonchev–Trinajstić information content (AvgIpc) is 2.38. The maximum Gasteiger partial charge on any atom is 0.345 e. The molecule has 0 aliphatic heterocycles. The van der Waals surface area contributed by atoms with Gasteiger partial charge in [0.15, 0.2) is 0 Å². The highest BCUT2D eigenvalue weighted by molar-refractivity contribution is 6.14. The first-order valence-electron chi connectivity index (χ1n) is 7.44. The quantitative estimate of drug-likeness (QED) is 0.296. The van der Waals surface area contributed by atoms with Crippen molar-refractivity contribution in [2.75, 3.05) is 13.2 Å². The Balaban J connectivity index is 5.47. The monoisotopic (exact) mass is 284 g/mol. The summed E-state index contributed by atoms with van der Waals surface area (Å²) in [4.78, 5) is 24.4. The van der Waals surface area contributed by atoms with Crippen LogP contribution < -0.4 is 0 Å². The van der Waals surface area contributed by atoms with Crippen LogP contribution in [0.15, 0.2) is 11.1 Å². The smallest absolute Gasteiger partial charge is 0.345 e. The molecule has 0 radical (unpaired) electrons. The fourth-order valence-corrected chi connectivity index (χ4v) is 2.10. The number of carbonyl (C=O) groups excluding carboxylic acids is 2. The van der Waals surface area contributed by atoms with Crippen LogP contribution in [0.25, 0.3) is 0 Å². The molecule has 0 heterocycles. The number of rotatable bonds is 8. The van der Waals surface area contributed by atoms with Crippen molar-refractivity contribution in [2.24, 2.45) is 11.8 Å². The Morgan fingerprint density at radius 3 is 1.40 bits per heavy atom. The fraction of sp³-hybridized carbons (Fsp3) is 0.750. The molecule has 0 fully saturated rings. The summed E-state index contributed by atoms with van der Waals surface area (Å²) in [5.74, 6) is -0.947. The van der Waals surface area contributed by atoms with Crippen LogP contribution in [0.4, 0.5) is 0 Å². The van der Waals surface area contributed by atoms with Gasteiger partial charge in [-0.15, -0.1) is 0 Å². The molecule has 0 amide bonds. The molecule has 0 aliphatic rings. The van der Waals surface area contributed by atoms with Crippen molar-refractivity contribution in [3.63, 3.8) is 0 Å². The molecule has 0 saturated carbocycles. The Morgan fingerprint density at radius 1 is 0.800 bits per heavy atom. The van der Waals surface area contributed by atoms with E-state index in [1.54, 1.807) is 0 Å². The molecular formula is C16H28O4. The molecule has 0 atom stereocenters. The highest BCUT2D eigenvalue weighted by Crippen LogP contribution is 2.25. The molecule has 116 valence electrons. The summed E-state index contributed by atoms with van der Waals surface area (Å²) in [6.07, 6.45) is 1.45. The lowest BCUT2D eigenvalue weighted by Crippen LogP contribution is -2.24. The Morgan fingerprint density at radius 2 is 1.15 bits per heavy atom. The molecule has 0 aromatic heterocycles. The summed E-state index contributed by atoms with van der Waals surface area (Å²) in [5.41, 5.74) is 0.879. The zero-order chi connectivity index (χ0) is 15.7. The largest absolute Gasteiger partial charge is 0.462 e. The van der Waals surface area contributed by atoms with E-state index >= 15 is 0 Å². The number of hydrogen-bond donors (Lipinski definition) is 0. The van der Waals surface area contributed by atoms with Crippen LogP contribution in [-0.2, 0) is 19.1 Å². The van der Waals surface area contributed by atoms with Crippen LogP contribution in [0.1, 0.15) is 54.4 Å². The predicted octanol–water partition coefficient (Wildman–Crippen LogP) is 3.50. The van der Waals surface area contributed by atoms with Crippen LogP contribution in [0.5, 0.6) is 0 Å². The lowest BCUT2D eigenvalue weighted by atomic mass is 9.88. The normalized spacial score (nSPS) is 10.6. The predicted molar refractivity (Wildman–Crippen MR) is 79.2 cm³/mol. The second kappa shape index (κ2) is 9.56. The molecule has 0 unspecified atom stereocenters. The van der Waals surface area contributed by atoms with Crippen molar-refractivity contribution in [3.05, 3.63) is 11.1 Å². The zero-order valence-corrected chi connectivity index (χ0v) is 13.6. The molecule has 0 N–H and O–H groups in total. The first-order chi connectivity index (χ1) is 9.36. The van der Waals surface area contributed by atoms with Gasteiger partial charge < -0.3 is 9.47 Å². The van der Waals surface area contributed by atoms with Crippen molar-refractivity contribution in [1.29, 1.82) is 0 Å². The van der Waals surface area contributed by atoms with Gasteiger partial charge in [0, 0.05) is 0 Å². The van der Waals surface area contributed by atoms with Crippen LogP contribution in [0.2, 0.25) is 0 Å². The molecule has 0 aliphatic carbocycles. The van der Waals surface area contributed by atoms with Crippen molar-refractivity contribution < 1.29 is 19.1 Å². The van der Waals surface area contributed by atoms with Gasteiger partial charge in [0.05, 0.1) is 13.2 Å². The molecule has 0 saturated heterocycles. The van der Waals surface area contributed by atoms with E-state index in [9.17, 15) is 9.59 Å². The third-order valence-electron chi connectivity index (χ3n) is 2.82. The molecule has 4 nitrogen and oxygen atoms in total. The number of ether oxygens (including phenoxy) is 2. The van der Waals surface area contributed by atoms with Crippen molar-refractivity contribution >= 4 is 11.9 Å². The number of carbonyl (C=O) groups is 2. The number of allylic oxidation sites excluding steroid dienone is 1. The van der Waals surface area contributed by atoms with Gasteiger partial charge in [0.2, 0.25) is 0 Å². The van der Waals surface area contributed by atoms with Gasteiger partial charge in [-0.1, -0.05) is 41.5 Å². The van der Waals surface area contributed by atoms with Gasteiger partial charge in [-0.3, -0.25) is 0 Å². The molecule has 4 heteroatoms. The van der Waals surface area contributed by atoms with Crippen LogP contribution >= 0.6 is 0 Å². The number of esters is 2. The summed E-state index contributed by atoms with van der Waals surface area (Å²) in [6.45, 7) is 12.3. The second-order valence-corrected chi connectivity index (χ2v) is 5.41. The first-order valence-corrected chi connectivity index (χ1v) is 7.44.